The van der Waals surface area contributed by atoms with Crippen LogP contribution in [0.2, 0.25) is 0 Å². The van der Waals surface area contributed by atoms with Crippen LogP contribution in [-0.4, -0.2) is 45.1 Å². The van der Waals surface area contributed by atoms with Crippen molar-refractivity contribution in [1.82, 2.24) is 14.4 Å². The van der Waals surface area contributed by atoms with Crippen molar-refractivity contribution in [2.45, 2.75) is 39.4 Å². The van der Waals surface area contributed by atoms with Crippen molar-refractivity contribution >= 4 is 17.6 Å². The highest BCUT2D eigenvalue weighted by Gasteiger charge is 2.33. The van der Waals surface area contributed by atoms with Gasteiger partial charge in [0.05, 0.1) is 22.6 Å². The number of nitrogens with zero attached hydrogens (tertiary/aromatic N) is 4. The first-order valence-electron chi connectivity index (χ1n) is 11.2. The normalized spacial score (nSPS) is 12.6. The Morgan fingerprint density at radius 1 is 1.00 bits per heavy atom. The number of rotatable bonds is 6. The van der Waals surface area contributed by atoms with Gasteiger partial charge in [-0.25, -0.2) is 14.8 Å². The van der Waals surface area contributed by atoms with E-state index < -0.39 is 17.7 Å². The summed E-state index contributed by atoms with van der Waals surface area (Å²) in [5, 5.41) is 10.0. The molecule has 0 radical (unpaired) electrons. The summed E-state index contributed by atoms with van der Waals surface area (Å²) < 4.78 is 7.80. The molecule has 1 N–H and O–H groups in total. The van der Waals surface area contributed by atoms with Gasteiger partial charge in [-0.1, -0.05) is 48.5 Å². The van der Waals surface area contributed by atoms with E-state index in [1.807, 2.05) is 80.7 Å². The number of carboxylic acid groups (broad SMARTS) is 1. The van der Waals surface area contributed by atoms with Gasteiger partial charge in [0.15, 0.2) is 6.10 Å². The van der Waals surface area contributed by atoms with Crippen LogP contribution in [0.4, 0.5) is 5.82 Å². The summed E-state index contributed by atoms with van der Waals surface area (Å²) in [6.07, 6.45) is 0.738. The molecule has 0 aliphatic rings. The van der Waals surface area contributed by atoms with E-state index in [0.29, 0.717) is 22.9 Å². The SMILES string of the molecule is Cc1nc2nc(-c3cccc(-c4ccccc4)c3)cn2c(N(C)C)c1[C@H](OC(C)(C)C)C(=O)O. The third-order valence-corrected chi connectivity index (χ3v) is 5.46. The lowest BCUT2D eigenvalue weighted by Gasteiger charge is -2.29. The van der Waals surface area contributed by atoms with E-state index in [-0.39, 0.29) is 0 Å². The highest BCUT2D eigenvalue weighted by molar-refractivity contribution is 5.79. The molecule has 0 unspecified atom stereocenters. The Balaban J connectivity index is 1.88. The van der Waals surface area contributed by atoms with E-state index in [1.165, 1.54) is 0 Å². The first kappa shape index (κ1) is 23.4. The molecule has 7 heteroatoms. The second-order valence-corrected chi connectivity index (χ2v) is 9.52. The average Bonchev–Trinajstić information content (AvgIpc) is 3.20. The van der Waals surface area contributed by atoms with Gasteiger partial charge in [0.25, 0.3) is 0 Å². The van der Waals surface area contributed by atoms with Crippen LogP contribution in [0, 0.1) is 6.92 Å². The Morgan fingerprint density at radius 3 is 2.26 bits per heavy atom. The van der Waals surface area contributed by atoms with Crippen LogP contribution < -0.4 is 4.90 Å². The molecule has 0 bridgehead atoms. The van der Waals surface area contributed by atoms with Gasteiger partial charge in [0.2, 0.25) is 5.78 Å². The summed E-state index contributed by atoms with van der Waals surface area (Å²) in [5.74, 6) is 0.125. The molecule has 7 nitrogen and oxygen atoms in total. The molecule has 2 aromatic carbocycles. The van der Waals surface area contributed by atoms with Crippen molar-refractivity contribution in [2.24, 2.45) is 0 Å². The largest absolute Gasteiger partial charge is 0.479 e. The van der Waals surface area contributed by atoms with E-state index in [1.54, 1.807) is 6.92 Å². The molecular weight excluding hydrogens is 428 g/mol. The van der Waals surface area contributed by atoms with Crippen LogP contribution in [0.5, 0.6) is 0 Å². The van der Waals surface area contributed by atoms with Crippen molar-refractivity contribution in [2.75, 3.05) is 19.0 Å². The zero-order valence-corrected chi connectivity index (χ0v) is 20.4. The quantitative estimate of drug-likeness (QED) is 0.418. The zero-order valence-electron chi connectivity index (χ0n) is 20.4. The molecule has 176 valence electrons. The van der Waals surface area contributed by atoms with Gasteiger partial charge in [-0.05, 0) is 44.9 Å². The van der Waals surface area contributed by atoms with Crippen LogP contribution in [0.25, 0.3) is 28.2 Å². The Bertz CT molecular complexity index is 1340. The number of ether oxygens (including phenoxy) is 1. The molecule has 0 aliphatic carbocycles. The number of benzene rings is 2. The zero-order chi connectivity index (χ0) is 24.6. The maximum atomic E-state index is 12.2. The molecule has 1 atom stereocenters. The Hall–Kier alpha value is -3.71. The summed E-state index contributed by atoms with van der Waals surface area (Å²) in [4.78, 5) is 23.6. The van der Waals surface area contributed by atoms with Crippen LogP contribution in [0.1, 0.15) is 38.1 Å². The van der Waals surface area contributed by atoms with Crippen molar-refractivity contribution in [3.63, 3.8) is 0 Å². The topological polar surface area (TPSA) is 80.0 Å². The summed E-state index contributed by atoms with van der Waals surface area (Å²) >= 11 is 0. The first-order chi connectivity index (χ1) is 16.0. The number of imidazole rings is 1. The number of fused-ring (bicyclic) bond motifs is 1. The summed E-state index contributed by atoms with van der Waals surface area (Å²) in [6, 6.07) is 18.4. The minimum atomic E-state index is -1.17. The van der Waals surface area contributed by atoms with Crippen LogP contribution in [0.15, 0.2) is 60.8 Å². The van der Waals surface area contributed by atoms with E-state index in [2.05, 4.69) is 29.2 Å². The van der Waals surface area contributed by atoms with E-state index in [0.717, 1.165) is 22.4 Å². The lowest BCUT2D eigenvalue weighted by Crippen LogP contribution is -2.30. The second kappa shape index (κ2) is 8.91. The molecule has 4 rings (SSSR count). The fourth-order valence-electron chi connectivity index (χ4n) is 4.08. The maximum Gasteiger partial charge on any atom is 0.337 e. The van der Waals surface area contributed by atoms with Crippen LogP contribution in [-0.2, 0) is 9.53 Å². The lowest BCUT2D eigenvalue weighted by molar-refractivity contribution is -0.160. The minimum Gasteiger partial charge on any atom is -0.479 e. The van der Waals surface area contributed by atoms with Gasteiger partial charge >= 0.3 is 5.97 Å². The Labute approximate surface area is 199 Å². The van der Waals surface area contributed by atoms with Gasteiger partial charge in [0.1, 0.15) is 5.82 Å². The average molecular weight is 459 g/mol. The van der Waals surface area contributed by atoms with Gasteiger partial charge in [-0.2, -0.15) is 0 Å². The minimum absolute atomic E-state index is 0.505. The third-order valence-electron chi connectivity index (χ3n) is 5.46. The number of aryl methyl sites for hydroxylation is 1. The lowest BCUT2D eigenvalue weighted by atomic mass is 10.0. The third kappa shape index (κ3) is 4.65. The number of carbonyl (C=O) groups is 1. The smallest absolute Gasteiger partial charge is 0.337 e. The number of anilines is 1. The van der Waals surface area contributed by atoms with Crippen molar-refractivity contribution in [3.8, 4) is 22.4 Å². The molecular formula is C27H30N4O3. The molecule has 0 saturated heterocycles. The Morgan fingerprint density at radius 2 is 1.65 bits per heavy atom. The van der Waals surface area contributed by atoms with Crippen molar-refractivity contribution in [1.29, 1.82) is 0 Å². The van der Waals surface area contributed by atoms with Crippen molar-refractivity contribution < 1.29 is 14.6 Å². The summed E-state index contributed by atoms with van der Waals surface area (Å²) in [7, 11) is 3.76. The molecule has 0 saturated carbocycles. The number of carboxylic acids is 1. The van der Waals surface area contributed by atoms with Crippen LogP contribution in [0.3, 0.4) is 0 Å². The second-order valence-electron chi connectivity index (χ2n) is 9.52. The molecule has 0 spiro atoms. The highest BCUT2D eigenvalue weighted by atomic mass is 16.5. The number of aliphatic carboxylic acids is 1. The maximum absolute atomic E-state index is 12.2. The predicted molar refractivity (Wildman–Crippen MR) is 134 cm³/mol. The van der Waals surface area contributed by atoms with Crippen molar-refractivity contribution in [3.05, 3.63) is 72.1 Å². The van der Waals surface area contributed by atoms with Gasteiger partial charge < -0.3 is 14.7 Å². The Kier molecular flexibility index (Phi) is 6.15. The first-order valence-corrected chi connectivity index (χ1v) is 11.2. The molecule has 4 aromatic rings. The number of aromatic nitrogens is 3. The fourth-order valence-corrected chi connectivity index (χ4v) is 4.08. The monoisotopic (exact) mass is 458 g/mol. The number of hydrogen-bond acceptors (Lipinski definition) is 5. The van der Waals surface area contributed by atoms with Gasteiger partial charge in [-0.15, -0.1) is 0 Å². The number of hydrogen-bond donors (Lipinski definition) is 1. The summed E-state index contributed by atoms with van der Waals surface area (Å²) in [6.45, 7) is 7.33. The standard InChI is InChI=1S/C27H30N4O3/c1-17-22(23(25(32)33)34-27(2,3)4)24(30(5)6)31-16-21(29-26(31)28-17)20-14-10-13-19(15-20)18-11-8-7-9-12-18/h7-16,23H,1-6H3,(H,32,33)/t23-/m0/s1. The molecule has 34 heavy (non-hydrogen) atoms. The van der Waals surface area contributed by atoms with Crippen LogP contribution >= 0.6 is 0 Å². The van der Waals surface area contributed by atoms with E-state index >= 15 is 0 Å². The molecule has 2 heterocycles. The van der Waals surface area contributed by atoms with Gasteiger partial charge in [0, 0.05) is 25.9 Å². The molecule has 0 fully saturated rings. The predicted octanol–water partition coefficient (Wildman–Crippen LogP) is 5.38. The molecule has 0 aliphatic heterocycles. The van der Waals surface area contributed by atoms with Gasteiger partial charge in [-0.3, -0.25) is 4.40 Å². The van der Waals surface area contributed by atoms with E-state index in [9.17, 15) is 9.90 Å². The fraction of sp³-hybridized carbons (Fsp3) is 0.296. The van der Waals surface area contributed by atoms with E-state index in [4.69, 9.17) is 9.72 Å². The molecule has 0 amide bonds. The molecule has 2 aromatic heterocycles. The summed E-state index contributed by atoms with van der Waals surface area (Å²) in [5.41, 5.74) is 4.38. The highest BCUT2D eigenvalue weighted by Crippen LogP contribution is 2.35.